The number of aryl methyl sites for hydroxylation is 1. The normalized spacial score (nSPS) is 13.6. The Hall–Kier alpha value is -3.39. The molecule has 1 nitrogen and oxygen atoms in total. The first-order valence-electron chi connectivity index (χ1n) is 12.1. The Bertz CT molecular complexity index is 1380. The van der Waals surface area contributed by atoms with E-state index in [1.165, 1.54) is 27.8 Å². The highest BCUT2D eigenvalue weighted by atomic mass is 19.1. The maximum Gasteiger partial charge on any atom is 0.125 e. The molecule has 0 unspecified atom stereocenters. The smallest absolute Gasteiger partial charge is 0.125 e. The van der Waals surface area contributed by atoms with Crippen molar-refractivity contribution in [2.24, 2.45) is 0 Å². The van der Waals surface area contributed by atoms with E-state index in [0.29, 0.717) is 0 Å². The predicted molar refractivity (Wildman–Crippen MR) is 143 cm³/mol. The molecule has 0 aromatic heterocycles. The molecule has 0 heterocycles. The van der Waals surface area contributed by atoms with Crippen molar-refractivity contribution in [3.8, 4) is 22.3 Å². The fourth-order valence-electron chi connectivity index (χ4n) is 5.62. The molecular formula is C32H32FN. The van der Waals surface area contributed by atoms with Crippen molar-refractivity contribution < 1.29 is 4.39 Å². The SMILES string of the molecule is Cc1cc2c(cc1N(c1cc(F)cc(-c3ccccc3)c1C)C(C)C)-c1ccccc1C2(C)C. The molecule has 0 aliphatic heterocycles. The summed E-state index contributed by atoms with van der Waals surface area (Å²) in [6, 6.07) is 27.0. The number of halogens is 1. The van der Waals surface area contributed by atoms with Crippen LogP contribution in [0.2, 0.25) is 0 Å². The van der Waals surface area contributed by atoms with E-state index >= 15 is 4.39 Å². The third-order valence-electron chi connectivity index (χ3n) is 7.37. The van der Waals surface area contributed by atoms with Crippen molar-refractivity contribution in [3.05, 3.63) is 107 Å². The number of hydrogen-bond donors (Lipinski definition) is 0. The summed E-state index contributed by atoms with van der Waals surface area (Å²) >= 11 is 0. The lowest BCUT2D eigenvalue weighted by molar-refractivity contribution is 0.626. The first-order valence-corrected chi connectivity index (χ1v) is 12.1. The molecule has 0 bridgehead atoms. The van der Waals surface area contributed by atoms with Crippen LogP contribution < -0.4 is 4.90 Å². The third-order valence-corrected chi connectivity index (χ3v) is 7.37. The van der Waals surface area contributed by atoms with Crippen molar-refractivity contribution in [2.45, 2.75) is 53.0 Å². The van der Waals surface area contributed by atoms with E-state index in [1.807, 2.05) is 30.3 Å². The molecule has 34 heavy (non-hydrogen) atoms. The number of fused-ring (bicyclic) bond motifs is 3. The minimum Gasteiger partial charge on any atom is -0.338 e. The lowest BCUT2D eigenvalue weighted by Gasteiger charge is -2.33. The van der Waals surface area contributed by atoms with Gasteiger partial charge >= 0.3 is 0 Å². The molecule has 1 aliphatic rings. The largest absolute Gasteiger partial charge is 0.338 e. The summed E-state index contributed by atoms with van der Waals surface area (Å²) in [6.45, 7) is 13.2. The number of hydrogen-bond acceptors (Lipinski definition) is 1. The minimum absolute atomic E-state index is 0.0346. The molecule has 0 spiro atoms. The van der Waals surface area contributed by atoms with Crippen molar-refractivity contribution >= 4 is 11.4 Å². The topological polar surface area (TPSA) is 3.24 Å². The molecule has 4 aromatic carbocycles. The van der Waals surface area contributed by atoms with Crippen LogP contribution in [0.4, 0.5) is 15.8 Å². The van der Waals surface area contributed by atoms with Gasteiger partial charge in [0, 0.05) is 22.8 Å². The molecule has 0 N–H and O–H groups in total. The van der Waals surface area contributed by atoms with Gasteiger partial charge in [-0.2, -0.15) is 0 Å². The molecule has 2 heteroatoms. The summed E-state index contributed by atoms with van der Waals surface area (Å²) in [5, 5.41) is 0. The van der Waals surface area contributed by atoms with Crippen molar-refractivity contribution in [1.82, 2.24) is 0 Å². The van der Waals surface area contributed by atoms with Gasteiger partial charge in [-0.3, -0.25) is 0 Å². The van der Waals surface area contributed by atoms with Gasteiger partial charge in [-0.05, 0) is 90.4 Å². The standard InChI is InChI=1S/C32H32FN/c1-20(2)34(31-18-24(33)17-26(22(31)4)23-12-8-7-9-13-23)30-19-27-25-14-10-11-15-28(25)32(5,6)29(27)16-21(30)3/h7-20H,1-6H3. The first kappa shape index (κ1) is 22.4. The zero-order valence-electron chi connectivity index (χ0n) is 20.9. The number of nitrogens with zero attached hydrogens (tertiary/aromatic N) is 1. The molecule has 4 aromatic rings. The lowest BCUT2D eigenvalue weighted by Crippen LogP contribution is -2.27. The van der Waals surface area contributed by atoms with Gasteiger partial charge in [0.25, 0.3) is 0 Å². The van der Waals surface area contributed by atoms with E-state index in [-0.39, 0.29) is 17.3 Å². The van der Waals surface area contributed by atoms with E-state index in [0.717, 1.165) is 28.1 Å². The Morgan fingerprint density at radius 3 is 2.09 bits per heavy atom. The highest BCUT2D eigenvalue weighted by Gasteiger charge is 2.36. The van der Waals surface area contributed by atoms with Crippen molar-refractivity contribution in [3.63, 3.8) is 0 Å². The van der Waals surface area contributed by atoms with E-state index < -0.39 is 0 Å². The second-order valence-corrected chi connectivity index (χ2v) is 10.3. The summed E-state index contributed by atoms with van der Waals surface area (Å²) < 4.78 is 15.0. The maximum atomic E-state index is 15.0. The second kappa shape index (κ2) is 8.13. The molecule has 5 rings (SSSR count). The number of benzene rings is 4. The molecule has 1 aliphatic carbocycles. The highest BCUT2D eigenvalue weighted by molar-refractivity contribution is 5.86. The minimum atomic E-state index is -0.213. The van der Waals surface area contributed by atoms with Crippen LogP contribution in [0.25, 0.3) is 22.3 Å². The Labute approximate surface area is 202 Å². The molecule has 0 radical (unpaired) electrons. The lowest BCUT2D eigenvalue weighted by atomic mass is 9.82. The fourth-order valence-corrected chi connectivity index (χ4v) is 5.62. The van der Waals surface area contributed by atoms with Crippen molar-refractivity contribution in [2.75, 3.05) is 4.90 Å². The van der Waals surface area contributed by atoms with Gasteiger partial charge in [0.2, 0.25) is 0 Å². The van der Waals surface area contributed by atoms with Gasteiger partial charge in [-0.15, -0.1) is 0 Å². The van der Waals surface area contributed by atoms with Gasteiger partial charge in [0.15, 0.2) is 0 Å². The summed E-state index contributed by atoms with van der Waals surface area (Å²) in [5.41, 5.74) is 11.6. The molecular weight excluding hydrogens is 417 g/mol. The highest BCUT2D eigenvalue weighted by Crippen LogP contribution is 2.51. The quantitative estimate of drug-likeness (QED) is 0.300. The number of anilines is 2. The summed E-state index contributed by atoms with van der Waals surface area (Å²) in [6.07, 6.45) is 0. The average molecular weight is 450 g/mol. The summed E-state index contributed by atoms with van der Waals surface area (Å²) in [7, 11) is 0. The molecule has 0 atom stereocenters. The van der Waals surface area contributed by atoms with E-state index in [4.69, 9.17) is 0 Å². The Morgan fingerprint density at radius 1 is 0.706 bits per heavy atom. The predicted octanol–water partition coefficient (Wildman–Crippen LogP) is 8.96. The molecule has 0 saturated heterocycles. The van der Waals surface area contributed by atoms with Gasteiger partial charge < -0.3 is 4.90 Å². The van der Waals surface area contributed by atoms with Gasteiger partial charge in [-0.25, -0.2) is 4.39 Å². The monoisotopic (exact) mass is 449 g/mol. The van der Waals surface area contributed by atoms with E-state index in [2.05, 4.69) is 82.8 Å². The summed E-state index contributed by atoms with van der Waals surface area (Å²) in [4.78, 5) is 2.30. The van der Waals surface area contributed by atoms with Gasteiger partial charge in [0.05, 0.1) is 0 Å². The molecule has 172 valence electrons. The molecule has 0 saturated carbocycles. The van der Waals surface area contributed by atoms with Gasteiger partial charge in [0.1, 0.15) is 5.82 Å². The van der Waals surface area contributed by atoms with Crippen LogP contribution in [0.1, 0.15) is 49.9 Å². The number of rotatable bonds is 4. The zero-order valence-corrected chi connectivity index (χ0v) is 20.9. The third kappa shape index (κ3) is 3.44. The van der Waals surface area contributed by atoms with Crippen LogP contribution in [-0.2, 0) is 5.41 Å². The Morgan fingerprint density at radius 2 is 1.38 bits per heavy atom. The van der Waals surface area contributed by atoms with Crippen LogP contribution in [-0.4, -0.2) is 6.04 Å². The van der Waals surface area contributed by atoms with Crippen LogP contribution >= 0.6 is 0 Å². The summed E-state index contributed by atoms with van der Waals surface area (Å²) in [5.74, 6) is -0.213. The fraction of sp³-hybridized carbons (Fsp3) is 0.250. The Balaban J connectivity index is 1.73. The van der Waals surface area contributed by atoms with Gasteiger partial charge in [-0.1, -0.05) is 74.5 Å². The van der Waals surface area contributed by atoms with Crippen LogP contribution in [0.15, 0.2) is 78.9 Å². The zero-order chi connectivity index (χ0) is 24.2. The van der Waals surface area contributed by atoms with Crippen LogP contribution in [0, 0.1) is 19.7 Å². The molecule has 0 amide bonds. The second-order valence-electron chi connectivity index (χ2n) is 10.3. The van der Waals surface area contributed by atoms with E-state index in [9.17, 15) is 0 Å². The maximum absolute atomic E-state index is 15.0. The average Bonchev–Trinajstić information content (AvgIpc) is 3.03. The van der Waals surface area contributed by atoms with E-state index in [1.54, 1.807) is 12.1 Å². The molecule has 0 fully saturated rings. The van der Waals surface area contributed by atoms with Crippen LogP contribution in [0.5, 0.6) is 0 Å². The van der Waals surface area contributed by atoms with Crippen molar-refractivity contribution in [1.29, 1.82) is 0 Å². The van der Waals surface area contributed by atoms with Crippen LogP contribution in [0.3, 0.4) is 0 Å². The Kier molecular flexibility index (Phi) is 5.36. The first-order chi connectivity index (χ1) is 16.2.